The molecule has 5 atom stereocenters. The molecule has 0 bridgehead atoms. The number of halogens is 2. The van der Waals surface area contributed by atoms with Crippen molar-refractivity contribution < 1.29 is 55.7 Å². The number of ether oxygens (including phenoxy) is 4. The van der Waals surface area contributed by atoms with E-state index in [1.54, 1.807) is 85.9 Å². The van der Waals surface area contributed by atoms with E-state index in [9.17, 15) is 23.7 Å². The lowest BCUT2D eigenvalue weighted by Gasteiger charge is -2.32. The molecule has 0 spiro atoms. The first-order valence-corrected chi connectivity index (χ1v) is 18.9. The highest BCUT2D eigenvalue weighted by Gasteiger charge is 2.63. The second-order valence-corrected chi connectivity index (χ2v) is 14.4. The van der Waals surface area contributed by atoms with Crippen LogP contribution in [0.3, 0.4) is 0 Å². The van der Waals surface area contributed by atoms with Crippen molar-refractivity contribution in [3.8, 4) is 5.75 Å². The van der Waals surface area contributed by atoms with Crippen LogP contribution in [0.25, 0.3) is 0 Å². The summed E-state index contributed by atoms with van der Waals surface area (Å²) in [5, 5.41) is 4.89. The number of rotatable bonds is 14. The summed E-state index contributed by atoms with van der Waals surface area (Å²) < 4.78 is 79.7. The van der Waals surface area contributed by atoms with Gasteiger partial charge in [-0.15, -0.1) is 0 Å². The first-order chi connectivity index (χ1) is 26.9. The van der Waals surface area contributed by atoms with Crippen LogP contribution < -0.4 is 20.6 Å². The first kappa shape index (κ1) is 40.0. The van der Waals surface area contributed by atoms with Crippen molar-refractivity contribution in [2.24, 2.45) is 0 Å². The number of amides is 2. The van der Waals surface area contributed by atoms with Crippen LogP contribution in [0, 0.1) is 0 Å². The third kappa shape index (κ3) is 10.1. The molecule has 0 aliphatic carbocycles. The predicted octanol–water partition coefficient (Wildman–Crippen LogP) is 5.66. The average molecular weight is 798 g/mol. The van der Waals surface area contributed by atoms with E-state index in [2.05, 4.69) is 15.4 Å². The van der Waals surface area contributed by atoms with E-state index >= 15 is 8.78 Å². The molecule has 16 nitrogen and oxygen atoms in total. The van der Waals surface area contributed by atoms with Crippen LogP contribution in [-0.4, -0.2) is 77.0 Å². The lowest BCUT2D eigenvalue weighted by molar-refractivity contribution is -0.146. The molecule has 3 aromatic carbocycles. The van der Waals surface area contributed by atoms with Crippen molar-refractivity contribution in [1.82, 2.24) is 19.5 Å². The summed E-state index contributed by atoms with van der Waals surface area (Å²) in [4.78, 5) is 56.3. The Bertz CT molecular complexity index is 2080. The van der Waals surface area contributed by atoms with E-state index in [1.807, 2.05) is 0 Å². The lowest BCUT2D eigenvalue weighted by atomic mass is 10.1. The summed E-state index contributed by atoms with van der Waals surface area (Å²) in [7, 11) is -2.98. The largest absolute Gasteiger partial charge is 0.509 e. The highest BCUT2D eigenvalue weighted by molar-refractivity contribution is 7.52. The average Bonchev–Trinajstić information content (AvgIpc) is 3.43. The molecule has 2 aliphatic heterocycles. The number of aromatic nitrogens is 2. The number of likely N-dealkylation sites (N-methyl/N-ethyl adjacent to an activating group) is 1. The number of hydrogen-bond donors (Lipinski definition) is 2. The number of alkyl halides is 2. The van der Waals surface area contributed by atoms with E-state index in [0.29, 0.717) is 28.7 Å². The van der Waals surface area contributed by atoms with Gasteiger partial charge in [0.2, 0.25) is 18.2 Å². The van der Waals surface area contributed by atoms with Crippen LogP contribution in [0.5, 0.6) is 5.75 Å². The van der Waals surface area contributed by atoms with E-state index in [4.69, 9.17) is 28.0 Å². The number of para-hydroxylation sites is 1. The van der Waals surface area contributed by atoms with Gasteiger partial charge in [0.05, 0.1) is 12.6 Å². The standard InChI is InChI=1S/C37H38F2N5O11P/c1-43-20-11-18-28(32(43)45)42-56(49,55-27-16-9-4-10-17-27)52-24-29-31(54-36(48)51-23-26-14-7-3-8-15-26)37(38,39)33(53-29)44-21-19-30(40-34(44)46)41-35(47)50-22-25-12-5-2-6-13-25/h2-10,12-17,19,21,28-29,31,33H,11,18,20,22-24H2,1H3,(H,42,49)(H,40,41,46,47)/t28?,29-,31-,33-,56+/m1/s1. The second-order valence-electron chi connectivity index (χ2n) is 12.7. The maximum absolute atomic E-state index is 16.4. The number of hydrogen-bond acceptors (Lipinski definition) is 12. The molecule has 2 fully saturated rings. The molecule has 56 heavy (non-hydrogen) atoms. The van der Waals surface area contributed by atoms with E-state index in [-0.39, 0.29) is 31.2 Å². The normalized spacial score (nSPS) is 21.4. The van der Waals surface area contributed by atoms with Crippen molar-refractivity contribution in [2.45, 2.75) is 56.5 Å². The summed E-state index contributed by atoms with van der Waals surface area (Å²) in [5.74, 6) is -4.79. The second kappa shape index (κ2) is 17.8. The highest BCUT2D eigenvalue weighted by Crippen LogP contribution is 2.49. The zero-order valence-corrected chi connectivity index (χ0v) is 30.8. The molecule has 2 N–H and O–H groups in total. The van der Waals surface area contributed by atoms with Crippen molar-refractivity contribution in [3.05, 3.63) is 125 Å². The van der Waals surface area contributed by atoms with Gasteiger partial charge >= 0.3 is 31.6 Å². The molecule has 3 heterocycles. The Morgan fingerprint density at radius 2 is 1.55 bits per heavy atom. The summed E-state index contributed by atoms with van der Waals surface area (Å²) in [5.41, 5.74) is -0.0400. The Hall–Kier alpha value is -5.68. The third-order valence-corrected chi connectivity index (χ3v) is 10.2. The molecule has 1 aromatic heterocycles. The van der Waals surface area contributed by atoms with Crippen LogP contribution in [0.1, 0.15) is 30.2 Å². The molecule has 1 unspecified atom stereocenters. The van der Waals surface area contributed by atoms with Crippen LogP contribution in [0.15, 0.2) is 108 Å². The van der Waals surface area contributed by atoms with E-state index in [1.165, 1.54) is 17.0 Å². The number of carbonyl (C=O) groups is 3. The maximum atomic E-state index is 16.4. The predicted molar refractivity (Wildman–Crippen MR) is 194 cm³/mol. The van der Waals surface area contributed by atoms with Crippen molar-refractivity contribution in [1.29, 1.82) is 0 Å². The number of anilines is 1. The summed E-state index contributed by atoms with van der Waals surface area (Å²) in [6.07, 6.45) is -7.53. The number of benzene rings is 3. The Kier molecular flexibility index (Phi) is 12.7. The van der Waals surface area contributed by atoms with Gasteiger partial charge < -0.3 is 28.4 Å². The Labute approximate surface area is 319 Å². The number of carbonyl (C=O) groups excluding carboxylic acids is 3. The minimum absolute atomic E-state index is 0.0723. The van der Waals surface area contributed by atoms with Crippen molar-refractivity contribution in [2.75, 3.05) is 25.5 Å². The molecule has 6 rings (SSSR count). The lowest BCUT2D eigenvalue weighted by Crippen LogP contribution is -2.48. The molecule has 4 aromatic rings. The zero-order chi connectivity index (χ0) is 39.7. The van der Waals surface area contributed by atoms with Gasteiger partial charge in [-0.05, 0) is 42.2 Å². The molecular weight excluding hydrogens is 759 g/mol. The number of likely N-dealkylation sites (tertiary alicyclic amines) is 1. The number of nitrogens with zero attached hydrogens (tertiary/aromatic N) is 3. The molecule has 19 heteroatoms. The van der Waals surface area contributed by atoms with Gasteiger partial charge in [0.25, 0.3) is 0 Å². The molecule has 0 radical (unpaired) electrons. The van der Waals surface area contributed by atoms with Crippen molar-refractivity contribution in [3.63, 3.8) is 0 Å². The molecular formula is C37H38F2N5O11P. The summed E-state index contributed by atoms with van der Waals surface area (Å²) >= 11 is 0. The monoisotopic (exact) mass is 797 g/mol. The minimum Gasteiger partial charge on any atom is -0.444 e. The number of piperidine rings is 1. The quantitative estimate of drug-likeness (QED) is 0.118. The van der Waals surface area contributed by atoms with Gasteiger partial charge in [0, 0.05) is 19.8 Å². The van der Waals surface area contributed by atoms with Gasteiger partial charge in [-0.1, -0.05) is 78.9 Å². The van der Waals surface area contributed by atoms with E-state index < -0.39 is 68.6 Å². The van der Waals surface area contributed by atoms with Crippen LogP contribution in [-0.2, 0) is 46.0 Å². The topological polar surface area (TPSA) is 186 Å². The number of nitrogens with one attached hydrogen (secondary N) is 2. The summed E-state index contributed by atoms with van der Waals surface area (Å²) in [6.45, 7) is -0.886. The fraction of sp³-hybridized carbons (Fsp3) is 0.324. The van der Waals surface area contributed by atoms with Gasteiger partial charge in [-0.2, -0.15) is 18.9 Å². The molecule has 296 valence electrons. The molecule has 2 amide bonds. The Balaban J connectivity index is 1.22. The van der Waals surface area contributed by atoms with Gasteiger partial charge in [0.15, 0.2) is 0 Å². The van der Waals surface area contributed by atoms with Gasteiger partial charge in [-0.3, -0.25) is 19.2 Å². The molecule has 2 aliphatic rings. The van der Waals surface area contributed by atoms with Crippen LogP contribution >= 0.6 is 7.75 Å². The third-order valence-electron chi connectivity index (χ3n) is 8.65. The SMILES string of the molecule is CN1CCCC(N[P@](=O)(OC[C@H]2O[C@@H](n3ccc(NC(=O)OCc4ccccc4)nc3=O)C(F)(F)[C@@H]2OC(=O)OCc2ccccc2)Oc2ccccc2)C1=O. The smallest absolute Gasteiger partial charge is 0.444 e. The van der Waals surface area contributed by atoms with E-state index in [0.717, 1.165) is 12.3 Å². The minimum atomic E-state index is -4.56. The fourth-order valence-electron chi connectivity index (χ4n) is 5.85. The first-order valence-electron chi connectivity index (χ1n) is 17.4. The van der Waals surface area contributed by atoms with Crippen molar-refractivity contribution >= 4 is 31.7 Å². The van der Waals surface area contributed by atoms with Gasteiger partial charge in [0.1, 0.15) is 30.9 Å². The molecule has 2 saturated heterocycles. The summed E-state index contributed by atoms with van der Waals surface area (Å²) in [6, 6.07) is 25.0. The zero-order valence-electron chi connectivity index (χ0n) is 29.9. The van der Waals surface area contributed by atoms with Crippen LogP contribution in [0.4, 0.5) is 24.2 Å². The van der Waals surface area contributed by atoms with Gasteiger partial charge in [-0.25, -0.2) is 18.9 Å². The molecule has 0 saturated carbocycles. The highest BCUT2D eigenvalue weighted by atomic mass is 31.2. The van der Waals surface area contributed by atoms with Crippen LogP contribution in [0.2, 0.25) is 0 Å². The fourth-order valence-corrected chi connectivity index (χ4v) is 7.40. The maximum Gasteiger partial charge on any atom is 0.509 e. The Morgan fingerprint density at radius 1 is 0.929 bits per heavy atom. The Morgan fingerprint density at radius 3 is 2.20 bits per heavy atom.